The molecule has 4 heteroatoms. The number of hydrogen-bond donors (Lipinski definition) is 2. The van der Waals surface area contributed by atoms with Gasteiger partial charge in [-0.2, -0.15) is 0 Å². The first-order valence-corrected chi connectivity index (χ1v) is 4.79. The molecule has 0 spiro atoms. The minimum absolute atomic E-state index is 0.513. The second-order valence-electron chi connectivity index (χ2n) is 3.29. The standard InChI is InChI=1S/C10H15N3S/c1-7-5-4-6-9(8(7)2)12-10(14)13(3)11/h4-6H,11H2,1-3H3,(H,12,14). The molecule has 0 saturated carbocycles. The SMILES string of the molecule is Cc1cccc(NC(=S)N(C)N)c1C. The second kappa shape index (κ2) is 4.39. The Hall–Kier alpha value is -1.13. The predicted octanol–water partition coefficient (Wildman–Crippen LogP) is 1.81. The van der Waals surface area contributed by atoms with Crippen LogP contribution in [0.4, 0.5) is 5.69 Å². The maximum atomic E-state index is 5.50. The van der Waals surface area contributed by atoms with Crippen molar-refractivity contribution >= 4 is 23.0 Å². The summed E-state index contributed by atoms with van der Waals surface area (Å²) in [4.78, 5) is 0. The Labute approximate surface area is 89.9 Å². The van der Waals surface area contributed by atoms with Crippen molar-refractivity contribution < 1.29 is 0 Å². The number of hydrogen-bond acceptors (Lipinski definition) is 2. The highest BCUT2D eigenvalue weighted by molar-refractivity contribution is 7.80. The average Bonchev–Trinajstić information content (AvgIpc) is 2.12. The number of aryl methyl sites for hydroxylation is 1. The zero-order valence-electron chi connectivity index (χ0n) is 8.66. The van der Waals surface area contributed by atoms with Crippen LogP contribution in [0.3, 0.4) is 0 Å². The van der Waals surface area contributed by atoms with Gasteiger partial charge in [0.25, 0.3) is 0 Å². The Balaban J connectivity index is 2.87. The molecule has 3 nitrogen and oxygen atoms in total. The molecule has 0 bridgehead atoms. The molecule has 0 aliphatic rings. The van der Waals surface area contributed by atoms with Crippen molar-refractivity contribution in [3.8, 4) is 0 Å². The van der Waals surface area contributed by atoms with Gasteiger partial charge in [0, 0.05) is 12.7 Å². The number of rotatable bonds is 1. The van der Waals surface area contributed by atoms with Gasteiger partial charge in [-0.1, -0.05) is 12.1 Å². The summed E-state index contributed by atoms with van der Waals surface area (Å²) in [5.41, 5.74) is 3.43. The van der Waals surface area contributed by atoms with Crippen LogP contribution in [0.25, 0.3) is 0 Å². The minimum atomic E-state index is 0.513. The number of nitrogens with one attached hydrogen (secondary N) is 1. The largest absolute Gasteiger partial charge is 0.331 e. The molecule has 0 heterocycles. The van der Waals surface area contributed by atoms with Gasteiger partial charge in [0.05, 0.1) is 0 Å². The fourth-order valence-electron chi connectivity index (χ4n) is 1.09. The molecular weight excluding hydrogens is 194 g/mol. The van der Waals surface area contributed by atoms with E-state index >= 15 is 0 Å². The fraction of sp³-hybridized carbons (Fsp3) is 0.300. The molecule has 0 amide bonds. The highest BCUT2D eigenvalue weighted by atomic mass is 32.1. The van der Waals surface area contributed by atoms with E-state index in [-0.39, 0.29) is 0 Å². The van der Waals surface area contributed by atoms with Gasteiger partial charge in [-0.25, -0.2) is 5.84 Å². The minimum Gasteiger partial charge on any atom is -0.331 e. The summed E-state index contributed by atoms with van der Waals surface area (Å²) in [7, 11) is 1.71. The van der Waals surface area contributed by atoms with E-state index in [1.807, 2.05) is 12.1 Å². The monoisotopic (exact) mass is 209 g/mol. The molecule has 0 aliphatic heterocycles. The smallest absolute Gasteiger partial charge is 0.187 e. The highest BCUT2D eigenvalue weighted by Crippen LogP contribution is 2.17. The van der Waals surface area contributed by atoms with Crippen molar-refractivity contribution in [3.05, 3.63) is 29.3 Å². The molecular formula is C10H15N3S. The lowest BCUT2D eigenvalue weighted by atomic mass is 10.1. The van der Waals surface area contributed by atoms with E-state index in [1.54, 1.807) is 7.05 Å². The lowest BCUT2D eigenvalue weighted by molar-refractivity contribution is 0.548. The fourth-order valence-corrected chi connectivity index (χ4v) is 1.20. The molecule has 0 radical (unpaired) electrons. The molecule has 0 unspecified atom stereocenters. The van der Waals surface area contributed by atoms with Crippen LogP contribution in [0.5, 0.6) is 0 Å². The number of nitrogens with zero attached hydrogens (tertiary/aromatic N) is 1. The normalized spacial score (nSPS) is 9.71. The number of thiocarbonyl (C=S) groups is 1. The quantitative estimate of drug-likeness (QED) is 0.420. The van der Waals surface area contributed by atoms with Crippen molar-refractivity contribution in [1.82, 2.24) is 5.01 Å². The molecule has 1 aromatic carbocycles. The summed E-state index contributed by atoms with van der Waals surface area (Å²) in [5.74, 6) is 5.50. The zero-order valence-corrected chi connectivity index (χ0v) is 9.48. The van der Waals surface area contributed by atoms with Gasteiger partial charge in [-0.15, -0.1) is 0 Å². The number of nitrogens with two attached hydrogens (primary N) is 1. The van der Waals surface area contributed by atoms with E-state index in [0.29, 0.717) is 5.11 Å². The summed E-state index contributed by atoms with van der Waals surface area (Å²) in [6.45, 7) is 4.12. The van der Waals surface area contributed by atoms with Gasteiger partial charge in [-0.05, 0) is 43.3 Å². The molecule has 3 N–H and O–H groups in total. The second-order valence-corrected chi connectivity index (χ2v) is 3.68. The third-order valence-electron chi connectivity index (χ3n) is 2.17. The molecule has 0 atom stereocenters. The van der Waals surface area contributed by atoms with E-state index in [9.17, 15) is 0 Å². The molecule has 0 aliphatic carbocycles. The zero-order chi connectivity index (χ0) is 10.7. The van der Waals surface area contributed by atoms with Crippen molar-refractivity contribution in [3.63, 3.8) is 0 Å². The Kier molecular flexibility index (Phi) is 3.43. The van der Waals surface area contributed by atoms with Gasteiger partial charge >= 0.3 is 0 Å². The van der Waals surface area contributed by atoms with Crippen molar-refractivity contribution in [1.29, 1.82) is 0 Å². The molecule has 0 fully saturated rings. The third kappa shape index (κ3) is 2.43. The van der Waals surface area contributed by atoms with E-state index in [2.05, 4.69) is 25.2 Å². The van der Waals surface area contributed by atoms with Gasteiger partial charge in [0.15, 0.2) is 5.11 Å². The first kappa shape index (κ1) is 10.9. The molecule has 1 aromatic rings. The van der Waals surface area contributed by atoms with Gasteiger partial charge in [0.2, 0.25) is 0 Å². The summed E-state index contributed by atoms with van der Waals surface area (Å²) in [6, 6.07) is 6.04. The Morgan fingerprint density at radius 2 is 2.07 bits per heavy atom. The van der Waals surface area contributed by atoms with Crippen LogP contribution >= 0.6 is 12.2 Å². The van der Waals surface area contributed by atoms with Crippen molar-refractivity contribution in [2.24, 2.45) is 5.84 Å². The van der Waals surface area contributed by atoms with Crippen molar-refractivity contribution in [2.45, 2.75) is 13.8 Å². The molecule has 1 rings (SSSR count). The van der Waals surface area contributed by atoms with Crippen LogP contribution in [0.2, 0.25) is 0 Å². The lowest BCUT2D eigenvalue weighted by Gasteiger charge is -2.17. The van der Waals surface area contributed by atoms with Gasteiger partial charge in [0.1, 0.15) is 0 Å². The molecule has 0 saturated heterocycles. The van der Waals surface area contributed by atoms with Gasteiger partial charge in [-0.3, -0.25) is 5.01 Å². The van der Waals surface area contributed by atoms with E-state index in [1.165, 1.54) is 16.1 Å². The summed E-state index contributed by atoms with van der Waals surface area (Å²) in [6.07, 6.45) is 0. The van der Waals surface area contributed by atoms with Crippen LogP contribution in [-0.2, 0) is 0 Å². The summed E-state index contributed by atoms with van der Waals surface area (Å²) >= 11 is 5.05. The molecule has 14 heavy (non-hydrogen) atoms. The number of hydrazine groups is 1. The molecule has 76 valence electrons. The van der Waals surface area contributed by atoms with Crippen LogP contribution in [0, 0.1) is 13.8 Å². The summed E-state index contributed by atoms with van der Waals surface area (Å²) in [5, 5.41) is 4.98. The highest BCUT2D eigenvalue weighted by Gasteiger charge is 2.03. The van der Waals surface area contributed by atoms with Crippen molar-refractivity contribution in [2.75, 3.05) is 12.4 Å². The van der Waals surface area contributed by atoms with E-state index in [4.69, 9.17) is 18.1 Å². The number of anilines is 1. The summed E-state index contributed by atoms with van der Waals surface area (Å²) < 4.78 is 0. The lowest BCUT2D eigenvalue weighted by Crippen LogP contribution is -2.36. The maximum Gasteiger partial charge on any atom is 0.187 e. The van der Waals surface area contributed by atoms with Crippen LogP contribution < -0.4 is 11.2 Å². The van der Waals surface area contributed by atoms with Crippen LogP contribution in [-0.4, -0.2) is 17.2 Å². The van der Waals surface area contributed by atoms with E-state index < -0.39 is 0 Å². The average molecular weight is 209 g/mol. The predicted molar refractivity (Wildman–Crippen MR) is 64.1 cm³/mol. The first-order valence-electron chi connectivity index (χ1n) is 4.38. The van der Waals surface area contributed by atoms with E-state index in [0.717, 1.165) is 5.69 Å². The third-order valence-corrected chi connectivity index (χ3v) is 2.56. The topological polar surface area (TPSA) is 41.3 Å². The van der Waals surface area contributed by atoms with Gasteiger partial charge < -0.3 is 5.32 Å². The first-order chi connectivity index (χ1) is 6.52. The van der Waals surface area contributed by atoms with Crippen LogP contribution in [0.15, 0.2) is 18.2 Å². The Bertz CT molecular complexity index is 347. The maximum absolute atomic E-state index is 5.50. The molecule has 0 aromatic heterocycles. The number of benzene rings is 1. The Morgan fingerprint density at radius 3 is 2.64 bits per heavy atom. The Morgan fingerprint density at radius 1 is 1.43 bits per heavy atom. The van der Waals surface area contributed by atoms with Crippen LogP contribution in [0.1, 0.15) is 11.1 Å².